The summed E-state index contributed by atoms with van der Waals surface area (Å²) in [6.07, 6.45) is 2.01. The summed E-state index contributed by atoms with van der Waals surface area (Å²) in [5, 5.41) is 19.9. The van der Waals surface area contributed by atoms with Crippen LogP contribution in [0, 0.1) is 0 Å². The number of likely N-dealkylation sites (tertiary alicyclic amines) is 1. The monoisotopic (exact) mass is 451 g/mol. The summed E-state index contributed by atoms with van der Waals surface area (Å²) in [7, 11) is 0. The molecule has 0 spiro atoms. The van der Waals surface area contributed by atoms with Gasteiger partial charge in [-0.25, -0.2) is 9.59 Å². The summed E-state index contributed by atoms with van der Waals surface area (Å²) in [5.74, 6) is -1.49. The van der Waals surface area contributed by atoms with E-state index in [2.05, 4.69) is 0 Å². The van der Waals surface area contributed by atoms with Gasteiger partial charge in [0.05, 0.1) is 11.6 Å². The zero-order valence-electron chi connectivity index (χ0n) is 17.9. The maximum atomic E-state index is 12.9. The van der Waals surface area contributed by atoms with Crippen LogP contribution in [0.3, 0.4) is 0 Å². The predicted molar refractivity (Wildman–Crippen MR) is 120 cm³/mol. The standard InChI is InChI=1S/C24H25N3O6/c25-19(22(29)26-10-4-7-21(26)23(30)31)11-16-13-27(20-9-8-17(28)12-18(16)20)24(32)33-14-15-5-2-1-3-6-15/h1-3,5-6,8-9,12-13,19,21,28H,4,7,10-11,14,25H2,(H,30,31)/t19-,21-/m0/s1. The molecule has 2 aromatic carbocycles. The highest BCUT2D eigenvalue weighted by atomic mass is 16.5. The van der Waals surface area contributed by atoms with Gasteiger partial charge in [-0.2, -0.15) is 0 Å². The third-order valence-corrected chi connectivity index (χ3v) is 5.85. The molecule has 1 aliphatic rings. The van der Waals surface area contributed by atoms with Crippen molar-refractivity contribution in [1.29, 1.82) is 0 Å². The minimum absolute atomic E-state index is 0.00420. The lowest BCUT2D eigenvalue weighted by atomic mass is 10.0. The van der Waals surface area contributed by atoms with Gasteiger partial charge in [-0.1, -0.05) is 30.3 Å². The second kappa shape index (κ2) is 9.33. The molecule has 4 rings (SSSR count). The van der Waals surface area contributed by atoms with E-state index in [1.807, 2.05) is 30.3 Å². The van der Waals surface area contributed by atoms with Gasteiger partial charge in [0.25, 0.3) is 0 Å². The molecule has 1 fully saturated rings. The summed E-state index contributed by atoms with van der Waals surface area (Å²) in [6.45, 7) is 0.439. The van der Waals surface area contributed by atoms with Gasteiger partial charge in [0.1, 0.15) is 18.4 Å². The number of ether oxygens (including phenoxy) is 1. The Labute approximate surface area is 190 Å². The van der Waals surface area contributed by atoms with Crippen LogP contribution in [-0.2, 0) is 27.4 Å². The zero-order chi connectivity index (χ0) is 23.5. The number of aromatic hydroxyl groups is 1. The van der Waals surface area contributed by atoms with Crippen molar-refractivity contribution in [1.82, 2.24) is 9.47 Å². The molecule has 1 aromatic heterocycles. The number of nitrogens with two attached hydrogens (primary N) is 1. The first-order valence-corrected chi connectivity index (χ1v) is 10.7. The van der Waals surface area contributed by atoms with E-state index in [4.69, 9.17) is 10.5 Å². The fourth-order valence-electron chi connectivity index (χ4n) is 4.21. The number of benzene rings is 2. The highest BCUT2D eigenvalue weighted by molar-refractivity contribution is 5.94. The van der Waals surface area contributed by atoms with Gasteiger partial charge in [0.15, 0.2) is 0 Å². The molecule has 4 N–H and O–H groups in total. The number of nitrogens with zero attached hydrogens (tertiary/aromatic N) is 2. The number of carboxylic acids is 1. The Balaban J connectivity index is 1.56. The largest absolute Gasteiger partial charge is 0.508 e. The van der Waals surface area contributed by atoms with Crippen molar-refractivity contribution >= 4 is 28.9 Å². The van der Waals surface area contributed by atoms with E-state index in [1.54, 1.807) is 12.3 Å². The Hall–Kier alpha value is -3.85. The lowest BCUT2D eigenvalue weighted by molar-refractivity contribution is -0.148. The maximum absolute atomic E-state index is 12.9. The van der Waals surface area contributed by atoms with Gasteiger partial charge in [-0.3, -0.25) is 9.36 Å². The number of hydrogen-bond donors (Lipinski definition) is 3. The van der Waals surface area contributed by atoms with Crippen LogP contribution in [0.15, 0.2) is 54.7 Å². The van der Waals surface area contributed by atoms with Crippen molar-refractivity contribution in [3.05, 3.63) is 65.9 Å². The van der Waals surface area contributed by atoms with Gasteiger partial charge in [0.2, 0.25) is 5.91 Å². The molecule has 0 saturated carbocycles. The first-order valence-electron chi connectivity index (χ1n) is 10.7. The summed E-state index contributed by atoms with van der Waals surface area (Å²) in [5.41, 5.74) is 8.09. The van der Waals surface area contributed by atoms with Crippen molar-refractivity contribution in [2.45, 2.75) is 38.0 Å². The third-order valence-electron chi connectivity index (χ3n) is 5.85. The molecule has 9 nitrogen and oxygen atoms in total. The van der Waals surface area contributed by atoms with Crippen LogP contribution >= 0.6 is 0 Å². The molecule has 2 heterocycles. The Morgan fingerprint density at radius 2 is 1.91 bits per heavy atom. The van der Waals surface area contributed by atoms with Crippen molar-refractivity contribution in [3.63, 3.8) is 0 Å². The number of phenolic OH excluding ortho intramolecular Hbond substituents is 1. The molecule has 1 aliphatic heterocycles. The molecule has 0 bridgehead atoms. The van der Waals surface area contributed by atoms with E-state index in [9.17, 15) is 24.6 Å². The van der Waals surface area contributed by atoms with E-state index in [0.29, 0.717) is 35.9 Å². The molecule has 3 aromatic rings. The quantitative estimate of drug-likeness (QED) is 0.524. The second-order valence-electron chi connectivity index (χ2n) is 8.10. The third kappa shape index (κ3) is 4.68. The van der Waals surface area contributed by atoms with E-state index in [0.717, 1.165) is 5.56 Å². The van der Waals surface area contributed by atoms with Crippen LogP contribution in [0.2, 0.25) is 0 Å². The Morgan fingerprint density at radius 1 is 1.15 bits per heavy atom. The van der Waals surface area contributed by atoms with E-state index >= 15 is 0 Å². The number of rotatable bonds is 6. The van der Waals surface area contributed by atoms with E-state index in [1.165, 1.54) is 21.6 Å². The van der Waals surface area contributed by atoms with Crippen molar-refractivity contribution in [2.24, 2.45) is 5.73 Å². The number of carbonyl (C=O) groups is 3. The van der Waals surface area contributed by atoms with Crippen LogP contribution in [0.25, 0.3) is 10.9 Å². The molecule has 0 aliphatic carbocycles. The Morgan fingerprint density at radius 3 is 2.64 bits per heavy atom. The van der Waals surface area contributed by atoms with Gasteiger partial charge in [0, 0.05) is 18.1 Å². The molecule has 33 heavy (non-hydrogen) atoms. The number of hydrogen-bond acceptors (Lipinski definition) is 6. The minimum atomic E-state index is -1.05. The SMILES string of the molecule is N[C@@H](Cc1cn(C(=O)OCc2ccccc2)c2ccc(O)cc12)C(=O)N1CCC[C@H]1C(=O)O. The fraction of sp³-hybridized carbons (Fsp3) is 0.292. The number of carbonyl (C=O) groups excluding carboxylic acids is 2. The van der Waals surface area contributed by atoms with Crippen LogP contribution in [0.5, 0.6) is 5.75 Å². The van der Waals surface area contributed by atoms with Gasteiger partial charge < -0.3 is 25.6 Å². The van der Waals surface area contributed by atoms with Gasteiger partial charge in [-0.05, 0) is 48.6 Å². The summed E-state index contributed by atoms with van der Waals surface area (Å²) in [4.78, 5) is 38.4. The molecular formula is C24H25N3O6. The first-order chi connectivity index (χ1) is 15.8. The highest BCUT2D eigenvalue weighted by Crippen LogP contribution is 2.27. The number of fused-ring (bicyclic) bond motifs is 1. The predicted octanol–water partition coefficient (Wildman–Crippen LogP) is 2.48. The normalized spacial score (nSPS) is 16.6. The molecular weight excluding hydrogens is 426 g/mol. The molecule has 1 amide bonds. The Kier molecular flexibility index (Phi) is 6.32. The summed E-state index contributed by atoms with van der Waals surface area (Å²) in [6, 6.07) is 11.9. The first kappa shape index (κ1) is 22.3. The number of amides is 1. The average molecular weight is 451 g/mol. The van der Waals surface area contributed by atoms with Crippen LogP contribution in [0.1, 0.15) is 24.0 Å². The summed E-state index contributed by atoms with van der Waals surface area (Å²) >= 11 is 0. The maximum Gasteiger partial charge on any atom is 0.418 e. The van der Waals surface area contributed by atoms with Crippen molar-refractivity contribution in [2.75, 3.05) is 6.54 Å². The van der Waals surface area contributed by atoms with Crippen LogP contribution in [-0.4, -0.2) is 56.3 Å². The number of carboxylic acid groups (broad SMARTS) is 1. The fourth-order valence-corrected chi connectivity index (χ4v) is 4.21. The van der Waals surface area contributed by atoms with Crippen molar-refractivity contribution < 1.29 is 29.3 Å². The molecule has 172 valence electrons. The number of aromatic nitrogens is 1. The van der Waals surface area contributed by atoms with Crippen LogP contribution < -0.4 is 5.73 Å². The number of aliphatic carboxylic acids is 1. The molecule has 2 atom stereocenters. The molecule has 1 saturated heterocycles. The van der Waals surface area contributed by atoms with E-state index < -0.39 is 30.1 Å². The molecule has 0 radical (unpaired) electrons. The number of phenols is 1. The molecule has 9 heteroatoms. The topological polar surface area (TPSA) is 135 Å². The summed E-state index contributed by atoms with van der Waals surface area (Å²) < 4.78 is 6.75. The molecule has 0 unspecified atom stereocenters. The zero-order valence-corrected chi connectivity index (χ0v) is 17.9. The average Bonchev–Trinajstić information content (AvgIpc) is 3.43. The lowest BCUT2D eigenvalue weighted by Gasteiger charge is -2.24. The van der Waals surface area contributed by atoms with Crippen LogP contribution in [0.4, 0.5) is 4.79 Å². The Bertz CT molecular complexity index is 1190. The minimum Gasteiger partial charge on any atom is -0.508 e. The van der Waals surface area contributed by atoms with Crippen molar-refractivity contribution in [3.8, 4) is 5.75 Å². The second-order valence-corrected chi connectivity index (χ2v) is 8.10. The van der Waals surface area contributed by atoms with Gasteiger partial charge in [-0.15, -0.1) is 0 Å². The highest BCUT2D eigenvalue weighted by Gasteiger charge is 2.36. The lowest BCUT2D eigenvalue weighted by Crippen LogP contribution is -2.49. The smallest absolute Gasteiger partial charge is 0.418 e. The van der Waals surface area contributed by atoms with E-state index in [-0.39, 0.29) is 18.8 Å². The van der Waals surface area contributed by atoms with Gasteiger partial charge >= 0.3 is 12.1 Å².